The van der Waals surface area contributed by atoms with Crippen molar-refractivity contribution in [3.8, 4) is 0 Å². The smallest absolute Gasteiger partial charge is 0.164 e. The number of aryl methyl sites for hydroxylation is 1. The van der Waals surface area contributed by atoms with Gasteiger partial charge >= 0.3 is 0 Å². The Hall–Kier alpha value is -3.30. The summed E-state index contributed by atoms with van der Waals surface area (Å²) in [5, 5.41) is 0. The zero-order chi connectivity index (χ0) is 28.6. The minimum atomic E-state index is 0.0946. The van der Waals surface area contributed by atoms with E-state index in [4.69, 9.17) is 0 Å². The molecule has 0 aromatic heterocycles. The van der Waals surface area contributed by atoms with Crippen LogP contribution in [-0.4, -0.2) is 36.1 Å². The predicted octanol–water partition coefficient (Wildman–Crippen LogP) is 8.25. The van der Waals surface area contributed by atoms with Crippen molar-refractivity contribution in [2.45, 2.75) is 84.0 Å². The number of Topliss-reactive ketones (excluding diaryl/α,β-unsaturated/α-hetero) is 2. The van der Waals surface area contributed by atoms with Crippen LogP contribution in [0.5, 0.6) is 0 Å². The van der Waals surface area contributed by atoms with Crippen LogP contribution in [0.25, 0.3) is 11.1 Å². The summed E-state index contributed by atoms with van der Waals surface area (Å²) in [4.78, 5) is 28.9. The summed E-state index contributed by atoms with van der Waals surface area (Å²) in [6.07, 6.45) is 9.51. The normalized spacial score (nSPS) is 17.8. The first kappa shape index (κ1) is 29.2. The number of benzene rings is 3. The van der Waals surface area contributed by atoms with E-state index in [2.05, 4.69) is 66.4 Å². The van der Waals surface area contributed by atoms with Crippen molar-refractivity contribution in [1.82, 2.24) is 4.90 Å². The number of hydrogen-bond donors (Lipinski definition) is 0. The highest BCUT2D eigenvalue weighted by Gasteiger charge is 2.28. The van der Waals surface area contributed by atoms with Crippen molar-refractivity contribution in [2.24, 2.45) is 0 Å². The number of nitrogens with zero attached hydrogens (tertiary/aromatic N) is 1. The molecule has 1 saturated heterocycles. The van der Waals surface area contributed by atoms with Gasteiger partial charge in [0.1, 0.15) is 5.78 Å². The van der Waals surface area contributed by atoms with E-state index in [9.17, 15) is 9.59 Å². The molecule has 0 N–H and O–H groups in total. The highest BCUT2D eigenvalue weighted by Crippen LogP contribution is 2.41. The molecule has 0 amide bonds. The third-order valence-electron chi connectivity index (χ3n) is 8.83. The number of hydrogen-bond acceptors (Lipinski definition) is 3. The lowest BCUT2D eigenvalue weighted by Gasteiger charge is -2.26. The Bertz CT molecular complexity index is 1360. The van der Waals surface area contributed by atoms with Gasteiger partial charge in [-0.1, -0.05) is 93.1 Å². The molecule has 3 heteroatoms. The topological polar surface area (TPSA) is 37.4 Å². The van der Waals surface area contributed by atoms with Gasteiger partial charge < -0.3 is 4.90 Å². The monoisotopic (exact) mass is 547 g/mol. The fourth-order valence-corrected chi connectivity index (χ4v) is 6.63. The largest absolute Gasteiger partial charge is 0.303 e. The van der Waals surface area contributed by atoms with Crippen LogP contribution in [0.2, 0.25) is 0 Å². The Balaban J connectivity index is 1.43. The number of likely N-dealkylation sites (tertiary alicyclic amines) is 1. The summed E-state index contributed by atoms with van der Waals surface area (Å²) in [5.74, 6) is 0.576. The van der Waals surface area contributed by atoms with Gasteiger partial charge in [-0.05, 0) is 103 Å². The van der Waals surface area contributed by atoms with Crippen molar-refractivity contribution < 1.29 is 9.59 Å². The standard InChI is InChI=1S/C38H45NO2/c1-3-11-33(40)25-31-19-20-34-35(27-31)28(2)24-37(41)38(32-13-6-4-7-14-32)36(34)26-30-17-15-29(16-18-30)12-10-23-39-21-8-5-9-22-39/h4,6-7,13-20,27-28H,3,5,8-12,21-26H2,1-2H3. The number of carbonyl (C=O) groups is 2. The number of fused-ring (bicyclic) bond motifs is 1. The van der Waals surface area contributed by atoms with Gasteiger partial charge in [0.05, 0.1) is 0 Å². The lowest BCUT2D eigenvalue weighted by Crippen LogP contribution is -2.30. The minimum absolute atomic E-state index is 0.0946. The van der Waals surface area contributed by atoms with Gasteiger partial charge in [-0.15, -0.1) is 0 Å². The van der Waals surface area contributed by atoms with E-state index in [0.29, 0.717) is 25.7 Å². The van der Waals surface area contributed by atoms with E-state index >= 15 is 0 Å². The molecule has 1 aliphatic carbocycles. The maximum atomic E-state index is 13.8. The third kappa shape index (κ3) is 7.51. The Kier molecular flexibility index (Phi) is 10.0. The fourth-order valence-electron chi connectivity index (χ4n) is 6.63. The van der Waals surface area contributed by atoms with E-state index in [1.807, 2.05) is 25.1 Å². The zero-order valence-electron chi connectivity index (χ0n) is 25.0. The second-order valence-corrected chi connectivity index (χ2v) is 12.1. The van der Waals surface area contributed by atoms with E-state index in [0.717, 1.165) is 40.7 Å². The molecule has 0 radical (unpaired) electrons. The SMILES string of the molecule is CCCC(=O)Cc1ccc2c(c1)C(C)CC(=O)C(c1ccccc1)=C2Cc1ccc(CCCN2CCCCC2)cc1. The van der Waals surface area contributed by atoms with E-state index < -0.39 is 0 Å². The predicted molar refractivity (Wildman–Crippen MR) is 170 cm³/mol. The maximum absolute atomic E-state index is 13.8. The lowest BCUT2D eigenvalue weighted by molar-refractivity contribution is -0.118. The summed E-state index contributed by atoms with van der Waals surface area (Å²) < 4.78 is 0. The number of rotatable bonds is 11. The van der Waals surface area contributed by atoms with Crippen LogP contribution in [0, 0.1) is 0 Å². The van der Waals surface area contributed by atoms with Gasteiger partial charge in [0.15, 0.2) is 5.78 Å². The molecule has 0 spiro atoms. The molecule has 41 heavy (non-hydrogen) atoms. The van der Waals surface area contributed by atoms with Gasteiger partial charge in [0, 0.05) is 24.8 Å². The first-order chi connectivity index (χ1) is 20.0. The van der Waals surface area contributed by atoms with Crippen LogP contribution in [0.15, 0.2) is 72.8 Å². The maximum Gasteiger partial charge on any atom is 0.164 e. The molecule has 3 nitrogen and oxygen atoms in total. The van der Waals surface area contributed by atoms with Crippen LogP contribution in [0.3, 0.4) is 0 Å². The highest BCUT2D eigenvalue weighted by atomic mass is 16.1. The number of allylic oxidation sites excluding steroid dienone is 2. The summed E-state index contributed by atoms with van der Waals surface area (Å²) in [6.45, 7) is 7.91. The molecule has 1 aliphatic heterocycles. The molecular formula is C38H45NO2. The van der Waals surface area contributed by atoms with Crippen LogP contribution in [-0.2, 0) is 28.9 Å². The number of ketones is 2. The zero-order valence-corrected chi connectivity index (χ0v) is 25.0. The van der Waals surface area contributed by atoms with Crippen molar-refractivity contribution in [1.29, 1.82) is 0 Å². The van der Waals surface area contributed by atoms with Crippen LogP contribution in [0.4, 0.5) is 0 Å². The Morgan fingerprint density at radius 2 is 1.59 bits per heavy atom. The fraction of sp³-hybridized carbons (Fsp3) is 0.421. The first-order valence-corrected chi connectivity index (χ1v) is 15.8. The van der Waals surface area contributed by atoms with E-state index in [-0.39, 0.29) is 17.5 Å². The van der Waals surface area contributed by atoms with Crippen molar-refractivity contribution >= 4 is 22.7 Å². The average molecular weight is 548 g/mol. The molecule has 1 fully saturated rings. The molecule has 1 atom stereocenters. The number of piperidine rings is 1. The quantitative estimate of drug-likeness (QED) is 0.243. The molecule has 0 saturated carbocycles. The van der Waals surface area contributed by atoms with Crippen molar-refractivity contribution in [3.05, 3.63) is 106 Å². The molecule has 0 bridgehead atoms. The highest BCUT2D eigenvalue weighted by molar-refractivity contribution is 6.29. The first-order valence-electron chi connectivity index (χ1n) is 15.8. The Morgan fingerprint density at radius 1 is 0.878 bits per heavy atom. The molecule has 1 unspecified atom stereocenters. The van der Waals surface area contributed by atoms with Crippen LogP contribution in [0.1, 0.15) is 98.1 Å². The van der Waals surface area contributed by atoms with Gasteiger partial charge in [0.25, 0.3) is 0 Å². The molecule has 3 aromatic carbocycles. The average Bonchev–Trinajstić information content (AvgIpc) is 3.08. The molecule has 1 heterocycles. The minimum Gasteiger partial charge on any atom is -0.303 e. The van der Waals surface area contributed by atoms with Gasteiger partial charge in [-0.3, -0.25) is 9.59 Å². The van der Waals surface area contributed by atoms with Gasteiger partial charge in [-0.2, -0.15) is 0 Å². The Morgan fingerprint density at radius 3 is 2.32 bits per heavy atom. The van der Waals surface area contributed by atoms with Crippen LogP contribution >= 0.6 is 0 Å². The molecule has 3 aromatic rings. The van der Waals surface area contributed by atoms with E-state index in [1.165, 1.54) is 62.0 Å². The third-order valence-corrected chi connectivity index (χ3v) is 8.83. The second-order valence-electron chi connectivity index (χ2n) is 12.1. The summed E-state index contributed by atoms with van der Waals surface area (Å²) >= 11 is 0. The van der Waals surface area contributed by atoms with Crippen LogP contribution < -0.4 is 0 Å². The number of carbonyl (C=O) groups excluding carboxylic acids is 2. The van der Waals surface area contributed by atoms with Gasteiger partial charge in [0.2, 0.25) is 0 Å². The molecule has 2 aliphatic rings. The van der Waals surface area contributed by atoms with Crippen molar-refractivity contribution in [2.75, 3.05) is 19.6 Å². The molecule has 5 rings (SSSR count). The molecule has 214 valence electrons. The summed E-state index contributed by atoms with van der Waals surface area (Å²) in [5.41, 5.74) is 8.94. The second kappa shape index (κ2) is 14.0. The molecular weight excluding hydrogens is 502 g/mol. The summed E-state index contributed by atoms with van der Waals surface area (Å²) in [6, 6.07) is 25.7. The van der Waals surface area contributed by atoms with Crippen molar-refractivity contribution in [3.63, 3.8) is 0 Å². The van der Waals surface area contributed by atoms with E-state index in [1.54, 1.807) is 0 Å². The summed E-state index contributed by atoms with van der Waals surface area (Å²) in [7, 11) is 0. The lowest BCUT2D eigenvalue weighted by atomic mass is 9.86. The Labute approximate surface area is 246 Å². The van der Waals surface area contributed by atoms with Gasteiger partial charge in [-0.25, -0.2) is 0 Å².